The van der Waals surface area contributed by atoms with Crippen molar-refractivity contribution in [1.29, 1.82) is 0 Å². The second kappa shape index (κ2) is 6.03. The van der Waals surface area contributed by atoms with Crippen molar-refractivity contribution in [2.75, 3.05) is 5.73 Å². The number of alkyl halides is 3. The number of aromatic amines is 1. The lowest BCUT2D eigenvalue weighted by Crippen LogP contribution is -2.21. The standard InChI is InChI=1S/C13H10F3N7O2S/c14-13(15,16)8-2-1-7(9-5-6(17)3-4-19-9)10(11(8)26(18,24)25)12-20-22-23-21-12/h1-5H,(H2,17,19)(H2,18,24,25)(H,20,21,22,23). The summed E-state index contributed by atoms with van der Waals surface area (Å²) in [4.78, 5) is 2.84. The Bertz CT molecular complexity index is 1070. The van der Waals surface area contributed by atoms with Crippen molar-refractivity contribution >= 4 is 15.7 Å². The number of nitrogens with zero attached hydrogens (tertiary/aromatic N) is 4. The predicted octanol–water partition coefficient (Wildman–Crippen LogP) is 1.18. The molecule has 1 aromatic carbocycles. The van der Waals surface area contributed by atoms with Gasteiger partial charge in [0.1, 0.15) is 4.90 Å². The van der Waals surface area contributed by atoms with Crippen LogP contribution in [0, 0.1) is 0 Å². The summed E-state index contributed by atoms with van der Waals surface area (Å²) in [7, 11) is -4.81. The van der Waals surface area contributed by atoms with Crippen molar-refractivity contribution in [3.63, 3.8) is 0 Å². The Hall–Kier alpha value is -3.06. The molecule has 0 amide bonds. The Kier molecular flexibility index (Phi) is 4.12. The first kappa shape index (κ1) is 17.8. The topological polar surface area (TPSA) is 154 Å². The van der Waals surface area contributed by atoms with Crippen LogP contribution in [0.4, 0.5) is 18.9 Å². The molecule has 2 aromatic heterocycles. The molecule has 5 N–H and O–H groups in total. The fraction of sp³-hybridized carbons (Fsp3) is 0.0769. The maximum atomic E-state index is 13.4. The van der Waals surface area contributed by atoms with Gasteiger partial charge in [-0.1, -0.05) is 6.07 Å². The number of nitrogens with two attached hydrogens (primary N) is 2. The molecule has 0 fully saturated rings. The molecular formula is C13H10F3N7O2S. The van der Waals surface area contributed by atoms with Crippen molar-refractivity contribution in [2.24, 2.45) is 5.14 Å². The van der Waals surface area contributed by atoms with E-state index in [-0.39, 0.29) is 22.8 Å². The average molecular weight is 385 g/mol. The summed E-state index contributed by atoms with van der Waals surface area (Å²) in [5.74, 6) is -0.389. The van der Waals surface area contributed by atoms with E-state index in [1.54, 1.807) is 0 Å². The lowest BCUT2D eigenvalue weighted by Gasteiger charge is -2.17. The molecule has 26 heavy (non-hydrogen) atoms. The lowest BCUT2D eigenvalue weighted by molar-refractivity contribution is -0.139. The summed E-state index contributed by atoms with van der Waals surface area (Å²) in [5, 5.41) is 17.6. The van der Waals surface area contributed by atoms with Crippen LogP contribution in [0.15, 0.2) is 35.4 Å². The van der Waals surface area contributed by atoms with Crippen molar-refractivity contribution < 1.29 is 21.6 Å². The number of hydrogen-bond acceptors (Lipinski definition) is 7. The van der Waals surface area contributed by atoms with E-state index >= 15 is 0 Å². The number of primary sulfonamides is 1. The van der Waals surface area contributed by atoms with E-state index in [9.17, 15) is 21.6 Å². The monoisotopic (exact) mass is 385 g/mol. The van der Waals surface area contributed by atoms with Gasteiger partial charge in [0.25, 0.3) is 0 Å². The largest absolute Gasteiger partial charge is 0.417 e. The first-order valence-electron chi connectivity index (χ1n) is 6.82. The van der Waals surface area contributed by atoms with E-state index < -0.39 is 32.2 Å². The van der Waals surface area contributed by atoms with Gasteiger partial charge in [0.05, 0.1) is 16.8 Å². The first-order chi connectivity index (χ1) is 12.1. The van der Waals surface area contributed by atoms with Crippen LogP contribution in [-0.4, -0.2) is 34.0 Å². The molecule has 0 unspecified atom stereocenters. The highest BCUT2D eigenvalue weighted by atomic mass is 32.2. The summed E-state index contributed by atoms with van der Waals surface area (Å²) in [6, 6.07) is 4.47. The quantitative estimate of drug-likeness (QED) is 0.611. The van der Waals surface area contributed by atoms with Crippen molar-refractivity contribution in [2.45, 2.75) is 11.1 Å². The maximum Gasteiger partial charge on any atom is 0.417 e. The van der Waals surface area contributed by atoms with Gasteiger partial charge in [0, 0.05) is 17.4 Å². The predicted molar refractivity (Wildman–Crippen MR) is 83.6 cm³/mol. The Morgan fingerprint density at radius 3 is 2.42 bits per heavy atom. The Balaban J connectivity index is 2.48. The maximum absolute atomic E-state index is 13.4. The highest BCUT2D eigenvalue weighted by molar-refractivity contribution is 7.89. The molecule has 136 valence electrons. The molecule has 0 aliphatic heterocycles. The van der Waals surface area contributed by atoms with Crippen LogP contribution in [0.25, 0.3) is 22.6 Å². The molecular weight excluding hydrogens is 375 g/mol. The number of rotatable bonds is 3. The number of benzene rings is 1. The van der Waals surface area contributed by atoms with Crippen molar-refractivity contribution in [3.05, 3.63) is 36.0 Å². The van der Waals surface area contributed by atoms with E-state index in [0.29, 0.717) is 6.07 Å². The minimum atomic E-state index is -4.98. The molecule has 0 atom stereocenters. The van der Waals surface area contributed by atoms with E-state index in [4.69, 9.17) is 10.9 Å². The van der Waals surface area contributed by atoms with Crippen molar-refractivity contribution in [1.82, 2.24) is 25.6 Å². The molecule has 0 saturated heterocycles. The lowest BCUT2D eigenvalue weighted by atomic mass is 9.99. The van der Waals surface area contributed by atoms with Crippen LogP contribution in [0.2, 0.25) is 0 Å². The van der Waals surface area contributed by atoms with Gasteiger partial charge in [-0.25, -0.2) is 13.6 Å². The number of nitrogen functional groups attached to an aromatic ring is 1. The highest BCUT2D eigenvalue weighted by Crippen LogP contribution is 2.42. The van der Waals surface area contributed by atoms with Crippen LogP contribution in [-0.2, 0) is 16.2 Å². The van der Waals surface area contributed by atoms with Gasteiger partial charge in [-0.15, -0.1) is 10.2 Å². The van der Waals surface area contributed by atoms with E-state index in [1.165, 1.54) is 18.3 Å². The minimum absolute atomic E-state index is 0.00396. The molecule has 2 heterocycles. The van der Waals surface area contributed by atoms with E-state index in [1.807, 2.05) is 0 Å². The number of sulfonamides is 1. The summed E-state index contributed by atoms with van der Waals surface area (Å²) in [5.41, 5.74) is 4.13. The molecule has 0 spiro atoms. The second-order valence-corrected chi connectivity index (χ2v) is 6.62. The van der Waals surface area contributed by atoms with Crippen LogP contribution in [0.3, 0.4) is 0 Å². The second-order valence-electron chi connectivity index (χ2n) is 5.12. The Labute approximate surface area is 144 Å². The molecule has 0 aliphatic carbocycles. The van der Waals surface area contributed by atoms with E-state index in [2.05, 4.69) is 25.6 Å². The number of anilines is 1. The van der Waals surface area contributed by atoms with Gasteiger partial charge in [-0.2, -0.15) is 18.4 Å². The normalized spacial score (nSPS) is 12.3. The number of H-pyrrole nitrogens is 1. The van der Waals surface area contributed by atoms with E-state index in [0.717, 1.165) is 6.07 Å². The third-order valence-electron chi connectivity index (χ3n) is 3.38. The SMILES string of the molecule is Nc1ccnc(-c2ccc(C(F)(F)F)c(S(N)(=O)=O)c2-c2nn[nH]n2)c1. The number of pyridine rings is 1. The number of tetrazole rings is 1. The zero-order valence-electron chi connectivity index (χ0n) is 12.7. The molecule has 13 heteroatoms. The van der Waals surface area contributed by atoms with Crippen molar-refractivity contribution in [3.8, 4) is 22.6 Å². The summed E-state index contributed by atoms with van der Waals surface area (Å²) in [6.07, 6.45) is -3.67. The molecule has 3 aromatic rings. The van der Waals surface area contributed by atoms with Gasteiger partial charge in [0.2, 0.25) is 15.8 Å². The zero-order chi connectivity index (χ0) is 19.1. The molecule has 0 aliphatic rings. The minimum Gasteiger partial charge on any atom is -0.399 e. The number of halogens is 3. The first-order valence-corrected chi connectivity index (χ1v) is 8.36. The molecule has 9 nitrogen and oxygen atoms in total. The summed E-state index contributed by atoms with van der Waals surface area (Å²) >= 11 is 0. The molecule has 3 rings (SSSR count). The Morgan fingerprint density at radius 1 is 1.15 bits per heavy atom. The third kappa shape index (κ3) is 3.21. The number of nitrogens with one attached hydrogen (secondary N) is 1. The molecule has 0 bridgehead atoms. The Morgan fingerprint density at radius 2 is 1.88 bits per heavy atom. The summed E-state index contributed by atoms with van der Waals surface area (Å²) in [6.45, 7) is 0. The van der Waals surface area contributed by atoms with Gasteiger partial charge in [-0.3, -0.25) is 4.98 Å². The van der Waals surface area contributed by atoms with Gasteiger partial charge < -0.3 is 5.73 Å². The number of aromatic nitrogens is 5. The fourth-order valence-electron chi connectivity index (χ4n) is 2.40. The van der Waals surface area contributed by atoms with Gasteiger partial charge >= 0.3 is 6.18 Å². The smallest absolute Gasteiger partial charge is 0.399 e. The third-order valence-corrected chi connectivity index (χ3v) is 4.37. The number of hydrogen-bond donors (Lipinski definition) is 3. The highest BCUT2D eigenvalue weighted by Gasteiger charge is 2.40. The van der Waals surface area contributed by atoms with Gasteiger partial charge in [-0.05, 0) is 23.4 Å². The van der Waals surface area contributed by atoms with Crippen LogP contribution in [0.5, 0.6) is 0 Å². The average Bonchev–Trinajstić information content (AvgIpc) is 3.06. The fourth-order valence-corrected chi connectivity index (χ4v) is 3.37. The summed E-state index contributed by atoms with van der Waals surface area (Å²) < 4.78 is 64.2. The molecule has 0 saturated carbocycles. The van der Waals surface area contributed by atoms with Crippen LogP contribution in [0.1, 0.15) is 5.56 Å². The zero-order valence-corrected chi connectivity index (χ0v) is 13.5. The van der Waals surface area contributed by atoms with Gasteiger partial charge in [0.15, 0.2) is 0 Å². The molecule has 0 radical (unpaired) electrons. The van der Waals surface area contributed by atoms with Crippen LogP contribution < -0.4 is 10.9 Å². The van der Waals surface area contributed by atoms with Crippen LogP contribution >= 0.6 is 0 Å².